The normalized spacial score (nSPS) is 25.7. The van der Waals surface area contributed by atoms with E-state index in [0.717, 1.165) is 30.3 Å². The Morgan fingerprint density at radius 3 is 1.87 bits per heavy atom. The van der Waals surface area contributed by atoms with Gasteiger partial charge in [0.05, 0.1) is 18.4 Å². The number of hydrogen-bond acceptors (Lipinski definition) is 2. The van der Waals surface area contributed by atoms with Crippen LogP contribution in [0.1, 0.15) is 69.2 Å². The Bertz CT molecular complexity index is 2170. The summed E-state index contributed by atoms with van der Waals surface area (Å²) in [5, 5.41) is 0. The third-order valence-corrected chi connectivity index (χ3v) is 12.4. The van der Waals surface area contributed by atoms with E-state index in [1.807, 2.05) is 7.11 Å². The van der Waals surface area contributed by atoms with Gasteiger partial charge in [-0.2, -0.15) is 4.58 Å². The SMILES string of the molecule is COC1CC[N+]12/C(=C/C=C1\CC/C(=C\C=C3\N(C)c4ccc(C)cc4C3(C)C)C1=[N+](c1ccccc1)c1ccccc1)C(C)(C)c1cc(C)ccc12. The fourth-order valence-electron chi connectivity index (χ4n) is 9.64. The van der Waals surface area contributed by atoms with Gasteiger partial charge in [0, 0.05) is 78.0 Å². The molecule has 1 saturated heterocycles. The van der Waals surface area contributed by atoms with Crippen molar-refractivity contribution < 1.29 is 4.74 Å². The van der Waals surface area contributed by atoms with Crippen LogP contribution >= 0.6 is 0 Å². The molecule has 2 atom stereocenters. The molecule has 0 amide bonds. The van der Waals surface area contributed by atoms with Crippen molar-refractivity contribution in [3.05, 3.63) is 166 Å². The topological polar surface area (TPSA) is 15.5 Å². The lowest BCUT2D eigenvalue weighted by molar-refractivity contribution is -0.0744. The highest BCUT2D eigenvalue weighted by atomic mass is 16.5. The van der Waals surface area contributed by atoms with Crippen LogP contribution in [0.15, 0.2) is 144 Å². The molecule has 4 nitrogen and oxygen atoms in total. The number of methoxy groups -OCH3 is 1. The summed E-state index contributed by atoms with van der Waals surface area (Å²) in [7, 11) is 4.10. The number of nitrogens with zero attached hydrogens (tertiary/aromatic N) is 3. The Balaban J connectivity index is 1.33. The molecule has 0 N–H and O–H groups in total. The van der Waals surface area contributed by atoms with Crippen molar-refractivity contribution in [2.24, 2.45) is 0 Å². The molecule has 1 aliphatic carbocycles. The van der Waals surface area contributed by atoms with Gasteiger partial charge in [0.15, 0.2) is 0 Å². The van der Waals surface area contributed by atoms with Gasteiger partial charge in [-0.05, 0) is 76.5 Å². The van der Waals surface area contributed by atoms with Crippen molar-refractivity contribution in [1.82, 2.24) is 9.06 Å². The van der Waals surface area contributed by atoms with Crippen LogP contribution in [-0.4, -0.2) is 32.6 Å². The largest absolute Gasteiger partial charge is 0.347 e. The van der Waals surface area contributed by atoms with Gasteiger partial charge < -0.3 is 9.64 Å². The van der Waals surface area contributed by atoms with Crippen LogP contribution in [0.25, 0.3) is 0 Å². The average Bonchev–Trinajstić information content (AvgIpc) is 3.67. The molecule has 0 bridgehead atoms. The standard InChI is InChI=1S/C48H53N3O/c1-33-19-25-41-39(31-33)47(3,4)43(49(41)7)27-23-35-21-22-36(46(35)50(37-15-11-9-12-16-37)38-17-13-10-14-18-38)24-28-44-48(5,6)40-32-34(2)20-26-42(40)51(44)30-29-45(51)52-8/h9-20,23-28,31-32,45H,21-22,29-30H2,1-8H3/q+2/b36-24+,44-28+. The van der Waals surface area contributed by atoms with Gasteiger partial charge in [-0.1, -0.05) is 85.6 Å². The number of anilines is 1. The van der Waals surface area contributed by atoms with E-state index in [4.69, 9.17) is 4.74 Å². The first kappa shape index (κ1) is 34.3. The molecule has 4 aromatic rings. The van der Waals surface area contributed by atoms with Crippen molar-refractivity contribution in [1.29, 1.82) is 0 Å². The molecule has 52 heavy (non-hydrogen) atoms. The first-order valence-corrected chi connectivity index (χ1v) is 19.0. The first-order valence-electron chi connectivity index (χ1n) is 19.0. The van der Waals surface area contributed by atoms with Gasteiger partial charge >= 0.3 is 0 Å². The molecule has 0 radical (unpaired) electrons. The highest BCUT2D eigenvalue weighted by Crippen LogP contribution is 2.58. The summed E-state index contributed by atoms with van der Waals surface area (Å²) in [6.07, 6.45) is 12.9. The quantitative estimate of drug-likeness (QED) is 0.153. The van der Waals surface area contributed by atoms with Crippen LogP contribution in [0.3, 0.4) is 0 Å². The monoisotopic (exact) mass is 687 g/mol. The molecule has 264 valence electrons. The minimum Gasteiger partial charge on any atom is -0.347 e. The van der Waals surface area contributed by atoms with E-state index in [1.54, 1.807) is 0 Å². The third-order valence-electron chi connectivity index (χ3n) is 12.4. The molecule has 4 heteroatoms. The van der Waals surface area contributed by atoms with Crippen molar-refractivity contribution >= 4 is 28.5 Å². The number of ether oxygens (including phenoxy) is 1. The zero-order valence-corrected chi connectivity index (χ0v) is 32.2. The Hall–Kier alpha value is -4.77. The van der Waals surface area contributed by atoms with E-state index in [2.05, 4.69) is 179 Å². The Labute approximate surface area is 311 Å². The number of likely N-dealkylation sites (N-methyl/N-ethyl adjacent to an activating group) is 1. The predicted octanol–water partition coefficient (Wildman–Crippen LogP) is 11.1. The molecule has 0 aromatic heterocycles. The number of aryl methyl sites for hydroxylation is 2. The zero-order chi connectivity index (χ0) is 36.4. The van der Waals surface area contributed by atoms with E-state index in [-0.39, 0.29) is 17.1 Å². The molecule has 2 fully saturated rings. The smallest absolute Gasteiger partial charge is 0.218 e. The molecule has 1 saturated carbocycles. The zero-order valence-electron chi connectivity index (χ0n) is 32.2. The third kappa shape index (κ3) is 5.22. The fourth-order valence-corrected chi connectivity index (χ4v) is 9.64. The molecule has 4 aliphatic rings. The van der Waals surface area contributed by atoms with Crippen molar-refractivity contribution in [3.63, 3.8) is 0 Å². The van der Waals surface area contributed by atoms with Gasteiger partial charge in [-0.25, -0.2) is 4.48 Å². The minimum absolute atomic E-state index is 0.0954. The van der Waals surface area contributed by atoms with Gasteiger partial charge in [0.1, 0.15) is 11.4 Å². The van der Waals surface area contributed by atoms with E-state index in [0.29, 0.717) is 0 Å². The summed E-state index contributed by atoms with van der Waals surface area (Å²) >= 11 is 0. The van der Waals surface area contributed by atoms with Crippen LogP contribution in [0.2, 0.25) is 0 Å². The Morgan fingerprint density at radius 1 is 0.712 bits per heavy atom. The highest BCUT2D eigenvalue weighted by molar-refractivity contribution is 6.17. The van der Waals surface area contributed by atoms with Crippen molar-refractivity contribution in [2.75, 3.05) is 25.6 Å². The second kappa shape index (κ2) is 12.7. The maximum atomic E-state index is 6.21. The predicted molar refractivity (Wildman–Crippen MR) is 220 cm³/mol. The number of rotatable bonds is 5. The molecule has 2 unspecified atom stereocenters. The number of allylic oxidation sites excluding steroid dienone is 8. The van der Waals surface area contributed by atoms with Gasteiger partial charge in [-0.3, -0.25) is 0 Å². The summed E-state index contributed by atoms with van der Waals surface area (Å²) in [6, 6.07) is 35.7. The Kier molecular flexibility index (Phi) is 8.40. The van der Waals surface area contributed by atoms with Crippen LogP contribution in [0.4, 0.5) is 22.7 Å². The van der Waals surface area contributed by atoms with Crippen LogP contribution < -0.4 is 14.0 Å². The molecule has 3 aliphatic heterocycles. The molecule has 3 heterocycles. The molecule has 8 rings (SSSR count). The fraction of sp³-hybridized carbons (Fsp3) is 0.312. The van der Waals surface area contributed by atoms with Gasteiger partial charge in [0.2, 0.25) is 23.3 Å². The maximum Gasteiger partial charge on any atom is 0.218 e. The summed E-state index contributed by atoms with van der Waals surface area (Å²) in [5.74, 6) is 0. The molecular weight excluding hydrogens is 635 g/mol. The summed E-state index contributed by atoms with van der Waals surface area (Å²) in [6.45, 7) is 15.0. The molecular formula is C48H53N3O+2. The number of benzene rings is 4. The number of quaternary nitrogens is 1. The molecule has 1 spiro atoms. The minimum atomic E-state index is -0.123. The van der Waals surface area contributed by atoms with E-state index in [9.17, 15) is 0 Å². The van der Waals surface area contributed by atoms with Crippen molar-refractivity contribution in [2.45, 2.75) is 77.9 Å². The van der Waals surface area contributed by atoms with E-state index in [1.165, 1.54) is 73.3 Å². The lowest BCUT2D eigenvalue weighted by Gasteiger charge is -2.49. The van der Waals surface area contributed by atoms with Crippen LogP contribution in [0.5, 0.6) is 0 Å². The summed E-state index contributed by atoms with van der Waals surface area (Å²) in [5.41, 5.74) is 17.0. The van der Waals surface area contributed by atoms with E-state index < -0.39 is 0 Å². The Morgan fingerprint density at radius 2 is 1.29 bits per heavy atom. The van der Waals surface area contributed by atoms with Gasteiger partial charge in [-0.15, -0.1) is 0 Å². The number of hydrogen-bond donors (Lipinski definition) is 0. The number of fused-ring (bicyclic) bond motifs is 3. The summed E-state index contributed by atoms with van der Waals surface area (Å²) in [4.78, 5) is 2.39. The lowest BCUT2D eigenvalue weighted by atomic mass is 9.82. The lowest BCUT2D eigenvalue weighted by Crippen LogP contribution is -2.66. The second-order valence-electron chi connectivity index (χ2n) is 16.3. The van der Waals surface area contributed by atoms with Crippen LogP contribution in [-0.2, 0) is 15.6 Å². The first-order chi connectivity index (χ1) is 25.0. The highest BCUT2D eigenvalue weighted by Gasteiger charge is 2.62. The summed E-state index contributed by atoms with van der Waals surface area (Å²) < 4.78 is 9.49. The van der Waals surface area contributed by atoms with Crippen molar-refractivity contribution in [3.8, 4) is 0 Å². The number of para-hydroxylation sites is 2. The maximum absolute atomic E-state index is 6.21. The van der Waals surface area contributed by atoms with Gasteiger partial charge in [0.25, 0.3) is 0 Å². The second-order valence-corrected chi connectivity index (χ2v) is 16.3. The van der Waals surface area contributed by atoms with Crippen LogP contribution in [0, 0.1) is 13.8 Å². The average molecular weight is 688 g/mol. The molecule has 4 aromatic carbocycles. The van der Waals surface area contributed by atoms with E-state index >= 15 is 0 Å².